The first-order valence-electron chi connectivity index (χ1n) is 6.44. The molecule has 1 heterocycles. The maximum absolute atomic E-state index is 11.7. The second kappa shape index (κ2) is 6.76. The van der Waals surface area contributed by atoms with E-state index in [1.807, 2.05) is 6.07 Å². The van der Waals surface area contributed by atoms with Gasteiger partial charge in [-0.15, -0.1) is 0 Å². The minimum absolute atomic E-state index is 0.0619. The molecular weight excluding hydrogens is 315 g/mol. The van der Waals surface area contributed by atoms with Crippen LogP contribution in [0.2, 0.25) is 10.0 Å². The van der Waals surface area contributed by atoms with Crippen LogP contribution in [0.15, 0.2) is 23.0 Å². The van der Waals surface area contributed by atoms with Crippen LogP contribution in [-0.4, -0.2) is 23.0 Å². The van der Waals surface area contributed by atoms with Crippen molar-refractivity contribution >= 4 is 34.5 Å². The highest BCUT2D eigenvalue weighted by Crippen LogP contribution is 2.32. The molecule has 0 bridgehead atoms. The Kier molecular flexibility index (Phi) is 5.27. The fourth-order valence-corrected chi connectivity index (χ4v) is 3.42. The number of hydrogen-bond acceptors (Lipinski definition) is 3. The predicted molar refractivity (Wildman–Crippen MR) is 87.0 cm³/mol. The number of nitrogens with one attached hydrogen (secondary N) is 1. The molecule has 6 heteroatoms. The third kappa shape index (κ3) is 3.44. The number of aromatic amines is 1. The summed E-state index contributed by atoms with van der Waals surface area (Å²) >= 11 is 13.4. The second-order valence-electron chi connectivity index (χ2n) is 4.40. The van der Waals surface area contributed by atoms with Crippen LogP contribution in [0.3, 0.4) is 0 Å². The Labute approximate surface area is 132 Å². The third-order valence-corrected chi connectivity index (χ3v) is 4.60. The van der Waals surface area contributed by atoms with E-state index in [-0.39, 0.29) is 4.87 Å². The highest BCUT2D eigenvalue weighted by molar-refractivity contribution is 7.09. The second-order valence-corrected chi connectivity index (χ2v) is 6.31. The molecule has 1 aromatic heterocycles. The van der Waals surface area contributed by atoms with Crippen molar-refractivity contribution in [1.82, 2.24) is 9.88 Å². The molecule has 0 atom stereocenters. The third-order valence-electron chi connectivity index (χ3n) is 3.18. The Balaban J connectivity index is 2.43. The van der Waals surface area contributed by atoms with E-state index >= 15 is 0 Å². The molecular formula is C14H16Cl2N2OS. The Bertz CT molecular complexity index is 647. The van der Waals surface area contributed by atoms with E-state index in [1.165, 1.54) is 11.3 Å². The number of H-pyrrole nitrogens is 1. The van der Waals surface area contributed by atoms with Gasteiger partial charge in [-0.3, -0.25) is 9.69 Å². The van der Waals surface area contributed by atoms with Crippen molar-refractivity contribution in [3.8, 4) is 11.3 Å². The van der Waals surface area contributed by atoms with Crippen molar-refractivity contribution in [3.05, 3.63) is 42.8 Å². The van der Waals surface area contributed by atoms with Crippen LogP contribution >= 0.6 is 34.5 Å². The lowest BCUT2D eigenvalue weighted by molar-refractivity contribution is 0.298. The maximum atomic E-state index is 11.7. The van der Waals surface area contributed by atoms with Gasteiger partial charge in [-0.25, -0.2) is 0 Å². The number of benzene rings is 1. The number of thiazole rings is 1. The molecule has 2 rings (SSSR count). The van der Waals surface area contributed by atoms with Crippen LogP contribution in [0.25, 0.3) is 11.3 Å². The number of aromatic nitrogens is 1. The lowest BCUT2D eigenvalue weighted by Gasteiger charge is -2.17. The van der Waals surface area contributed by atoms with Gasteiger partial charge in [0.1, 0.15) is 0 Å². The van der Waals surface area contributed by atoms with Gasteiger partial charge >= 0.3 is 4.87 Å². The molecule has 1 N–H and O–H groups in total. The average molecular weight is 331 g/mol. The Hall–Kier alpha value is -0.810. The predicted octanol–water partition coefficient (Wildman–Crippen LogP) is 4.25. The summed E-state index contributed by atoms with van der Waals surface area (Å²) in [6.45, 7) is 6.83. The number of hydrogen-bond donors (Lipinski definition) is 1. The molecule has 0 saturated heterocycles. The van der Waals surface area contributed by atoms with E-state index in [9.17, 15) is 4.79 Å². The van der Waals surface area contributed by atoms with Gasteiger partial charge in [0.25, 0.3) is 0 Å². The van der Waals surface area contributed by atoms with Gasteiger partial charge in [0, 0.05) is 22.0 Å². The fraction of sp³-hybridized carbons (Fsp3) is 0.357. The van der Waals surface area contributed by atoms with Crippen molar-refractivity contribution in [3.63, 3.8) is 0 Å². The van der Waals surface area contributed by atoms with Crippen molar-refractivity contribution < 1.29 is 0 Å². The summed E-state index contributed by atoms with van der Waals surface area (Å²) in [6, 6.07) is 5.31. The van der Waals surface area contributed by atoms with Crippen LogP contribution in [0.4, 0.5) is 0 Å². The largest absolute Gasteiger partial charge is 0.312 e. The monoisotopic (exact) mass is 330 g/mol. The first-order valence-corrected chi connectivity index (χ1v) is 8.02. The molecule has 20 heavy (non-hydrogen) atoms. The Morgan fingerprint density at radius 2 is 1.95 bits per heavy atom. The van der Waals surface area contributed by atoms with Crippen LogP contribution in [0.1, 0.15) is 18.7 Å². The van der Waals surface area contributed by atoms with Gasteiger partial charge in [-0.2, -0.15) is 0 Å². The van der Waals surface area contributed by atoms with E-state index in [0.717, 1.165) is 35.8 Å². The first-order chi connectivity index (χ1) is 9.55. The number of rotatable bonds is 5. The van der Waals surface area contributed by atoms with Crippen molar-refractivity contribution in [2.45, 2.75) is 20.4 Å². The molecule has 0 unspecified atom stereocenters. The molecule has 0 spiro atoms. The topological polar surface area (TPSA) is 36.1 Å². The lowest BCUT2D eigenvalue weighted by Crippen LogP contribution is -2.21. The summed E-state index contributed by atoms with van der Waals surface area (Å²) in [5.74, 6) is 0. The Morgan fingerprint density at radius 3 is 2.55 bits per heavy atom. The lowest BCUT2D eigenvalue weighted by atomic mass is 10.1. The fourth-order valence-electron chi connectivity index (χ4n) is 2.03. The highest BCUT2D eigenvalue weighted by atomic mass is 35.5. The minimum atomic E-state index is -0.0619. The summed E-state index contributed by atoms with van der Waals surface area (Å²) < 4.78 is 0. The molecule has 0 aliphatic rings. The molecule has 1 aromatic carbocycles. The van der Waals surface area contributed by atoms with Gasteiger partial charge < -0.3 is 4.98 Å². The van der Waals surface area contributed by atoms with Gasteiger partial charge in [0.05, 0.1) is 10.7 Å². The summed E-state index contributed by atoms with van der Waals surface area (Å²) in [5, 5.41) is 1.13. The molecule has 108 valence electrons. The SMILES string of the molecule is CCN(CC)Cc1sc(=O)[nH]c1-c1ccc(Cl)cc1Cl. The standard InChI is InChI=1S/C14H16Cl2N2OS/c1-3-18(4-2)8-12-13(17-14(19)20-12)10-6-5-9(15)7-11(10)16/h5-7H,3-4,8H2,1-2H3,(H,17,19). The minimum Gasteiger partial charge on any atom is -0.312 e. The molecule has 3 nitrogen and oxygen atoms in total. The van der Waals surface area contributed by atoms with E-state index in [4.69, 9.17) is 23.2 Å². The van der Waals surface area contributed by atoms with E-state index in [0.29, 0.717) is 10.0 Å². The molecule has 0 radical (unpaired) electrons. The number of nitrogens with zero attached hydrogens (tertiary/aromatic N) is 1. The zero-order chi connectivity index (χ0) is 14.7. The molecule has 2 aromatic rings. The van der Waals surface area contributed by atoms with E-state index in [2.05, 4.69) is 23.7 Å². The first kappa shape index (κ1) is 15.6. The van der Waals surface area contributed by atoms with Gasteiger partial charge in [0.15, 0.2) is 0 Å². The van der Waals surface area contributed by atoms with E-state index < -0.39 is 0 Å². The zero-order valence-corrected chi connectivity index (χ0v) is 13.7. The van der Waals surface area contributed by atoms with Gasteiger partial charge in [-0.05, 0) is 31.3 Å². The van der Waals surface area contributed by atoms with Crippen LogP contribution < -0.4 is 4.87 Å². The molecule has 0 aliphatic carbocycles. The summed E-state index contributed by atoms with van der Waals surface area (Å²) in [6.07, 6.45) is 0. The zero-order valence-electron chi connectivity index (χ0n) is 11.4. The highest BCUT2D eigenvalue weighted by Gasteiger charge is 2.15. The van der Waals surface area contributed by atoms with Crippen molar-refractivity contribution in [2.75, 3.05) is 13.1 Å². The summed E-state index contributed by atoms with van der Waals surface area (Å²) in [5.41, 5.74) is 1.62. The smallest absolute Gasteiger partial charge is 0.305 e. The van der Waals surface area contributed by atoms with Crippen molar-refractivity contribution in [1.29, 1.82) is 0 Å². The summed E-state index contributed by atoms with van der Waals surface area (Å²) in [4.78, 5) is 17.8. The maximum Gasteiger partial charge on any atom is 0.305 e. The molecule has 0 aliphatic heterocycles. The molecule has 0 saturated carbocycles. The van der Waals surface area contributed by atoms with Gasteiger partial charge in [0.2, 0.25) is 0 Å². The van der Waals surface area contributed by atoms with Gasteiger partial charge in [-0.1, -0.05) is 48.4 Å². The van der Waals surface area contributed by atoms with Crippen molar-refractivity contribution in [2.24, 2.45) is 0 Å². The number of halogens is 2. The average Bonchev–Trinajstić information content (AvgIpc) is 2.76. The normalized spacial score (nSPS) is 11.2. The van der Waals surface area contributed by atoms with Crippen LogP contribution in [0, 0.1) is 0 Å². The quantitative estimate of drug-likeness (QED) is 0.889. The van der Waals surface area contributed by atoms with Crippen LogP contribution in [-0.2, 0) is 6.54 Å². The van der Waals surface area contributed by atoms with E-state index in [1.54, 1.807) is 12.1 Å². The Morgan fingerprint density at radius 1 is 1.25 bits per heavy atom. The molecule has 0 amide bonds. The van der Waals surface area contributed by atoms with Crippen LogP contribution in [0.5, 0.6) is 0 Å². The summed E-state index contributed by atoms with van der Waals surface area (Å²) in [7, 11) is 0. The molecule has 0 fully saturated rings.